The Morgan fingerprint density at radius 2 is 0.656 bits per heavy atom. The van der Waals surface area contributed by atoms with Crippen molar-refractivity contribution in [1.29, 1.82) is 0 Å². The van der Waals surface area contributed by atoms with Crippen molar-refractivity contribution >= 4 is 17.6 Å². The molecule has 0 bridgehead atoms. The van der Waals surface area contributed by atoms with E-state index in [0.717, 1.165) is 0 Å². The minimum absolute atomic E-state index is 0.0342. The van der Waals surface area contributed by atoms with Crippen LogP contribution in [0.15, 0.2) is 24.3 Å². The predicted octanol–water partition coefficient (Wildman–Crippen LogP) is 3.15. The lowest BCUT2D eigenvalue weighted by Gasteiger charge is -2.09. The minimum Gasteiger partial charge on any atom is -0.497 e. The van der Waals surface area contributed by atoms with Crippen LogP contribution in [-0.4, -0.2) is 191 Å². The molecule has 0 saturated heterocycles. The Balaban J connectivity index is 1.18. The molecule has 1 amide bonds. The standard InChI is InChI=1S/C41H60F5NO17/c1-50-33-4-2-32(3-5-33)47-34(48)30-62-28-26-60-24-22-58-20-18-56-16-14-54-12-10-52-8-6-51-7-9-53-11-13-55-15-17-57-19-21-59-23-25-61-27-29-63-31-35(49)64-41-39(45)37(43)36(42)38(44)40(41)46/h2-5H,6-31H2,1H3,(H,47,48). The fourth-order valence-electron chi connectivity index (χ4n) is 4.55. The fraction of sp³-hybridized carbons (Fsp3) is 0.659. The molecule has 0 aliphatic rings. The zero-order chi connectivity index (χ0) is 46.3. The Bertz CT molecular complexity index is 1470. The average Bonchev–Trinajstić information content (AvgIpc) is 3.30. The number of carbonyl (C=O) groups excluding carboxylic acids is 2. The normalized spacial score (nSPS) is 11.3. The maximum atomic E-state index is 13.6. The molecule has 23 heteroatoms. The number of methoxy groups -OCH3 is 1. The number of ether oxygens (including phenoxy) is 15. The van der Waals surface area contributed by atoms with Crippen molar-refractivity contribution < 1.29 is 103 Å². The van der Waals surface area contributed by atoms with E-state index in [1.54, 1.807) is 31.4 Å². The Hall–Kier alpha value is -3.69. The van der Waals surface area contributed by atoms with Crippen molar-refractivity contribution in [2.24, 2.45) is 0 Å². The molecule has 0 saturated carbocycles. The van der Waals surface area contributed by atoms with Crippen LogP contribution in [0.25, 0.3) is 0 Å². The highest BCUT2D eigenvalue weighted by atomic mass is 19.2. The van der Waals surface area contributed by atoms with Gasteiger partial charge in [0.1, 0.15) is 19.0 Å². The molecular formula is C41H60F5NO17. The molecule has 64 heavy (non-hydrogen) atoms. The summed E-state index contributed by atoms with van der Waals surface area (Å²) in [5.41, 5.74) is 0.662. The second kappa shape index (κ2) is 38.6. The Labute approximate surface area is 368 Å². The van der Waals surface area contributed by atoms with E-state index in [1.165, 1.54) is 0 Å². The molecule has 0 atom stereocenters. The van der Waals surface area contributed by atoms with Crippen LogP contribution in [0.3, 0.4) is 0 Å². The first-order chi connectivity index (χ1) is 31.2. The summed E-state index contributed by atoms with van der Waals surface area (Å²) in [5, 5.41) is 2.74. The molecule has 366 valence electrons. The van der Waals surface area contributed by atoms with Crippen LogP contribution in [0.2, 0.25) is 0 Å². The molecule has 0 aliphatic carbocycles. The van der Waals surface area contributed by atoms with Gasteiger partial charge in [0.05, 0.1) is 166 Å². The maximum Gasteiger partial charge on any atom is 0.337 e. The first kappa shape index (κ1) is 56.4. The van der Waals surface area contributed by atoms with Crippen LogP contribution in [0.4, 0.5) is 27.6 Å². The topological polar surface area (TPSA) is 185 Å². The summed E-state index contributed by atoms with van der Waals surface area (Å²) in [4.78, 5) is 23.5. The minimum atomic E-state index is -2.37. The summed E-state index contributed by atoms with van der Waals surface area (Å²) in [5.74, 6) is -14.0. The van der Waals surface area contributed by atoms with Crippen LogP contribution in [0.1, 0.15) is 0 Å². The van der Waals surface area contributed by atoms with Gasteiger partial charge in [0.25, 0.3) is 0 Å². The summed E-state index contributed by atoms with van der Waals surface area (Å²) in [6.07, 6.45) is 0. The van der Waals surface area contributed by atoms with Crippen molar-refractivity contribution in [1.82, 2.24) is 0 Å². The van der Waals surface area contributed by atoms with Crippen molar-refractivity contribution in [3.8, 4) is 11.5 Å². The van der Waals surface area contributed by atoms with Crippen LogP contribution >= 0.6 is 0 Å². The molecule has 2 aromatic carbocycles. The summed E-state index contributed by atoms with van der Waals surface area (Å²) in [7, 11) is 1.58. The van der Waals surface area contributed by atoms with Gasteiger partial charge in [-0.15, -0.1) is 0 Å². The van der Waals surface area contributed by atoms with Gasteiger partial charge in [-0.3, -0.25) is 4.79 Å². The summed E-state index contributed by atoms with van der Waals surface area (Å²) >= 11 is 0. The predicted molar refractivity (Wildman–Crippen MR) is 214 cm³/mol. The molecule has 0 radical (unpaired) electrons. The smallest absolute Gasteiger partial charge is 0.337 e. The third-order valence-electron chi connectivity index (χ3n) is 7.68. The second-order valence-corrected chi connectivity index (χ2v) is 12.5. The number of halogens is 5. The number of amides is 1. The number of hydrogen-bond donors (Lipinski definition) is 1. The number of esters is 1. The van der Waals surface area contributed by atoms with Crippen molar-refractivity contribution in [3.05, 3.63) is 53.4 Å². The van der Waals surface area contributed by atoms with E-state index in [2.05, 4.69) is 10.1 Å². The summed E-state index contributed by atoms with van der Waals surface area (Å²) < 4.78 is 146. The number of benzene rings is 2. The summed E-state index contributed by atoms with van der Waals surface area (Å²) in [6.45, 7) is 7.55. The number of nitrogens with one attached hydrogen (secondary N) is 1. The van der Waals surface area contributed by atoms with E-state index < -0.39 is 47.4 Å². The van der Waals surface area contributed by atoms with Gasteiger partial charge in [-0.1, -0.05) is 0 Å². The molecule has 0 unspecified atom stereocenters. The van der Waals surface area contributed by atoms with E-state index in [1.807, 2.05) is 0 Å². The van der Waals surface area contributed by atoms with Gasteiger partial charge in [-0.2, -0.15) is 8.78 Å². The molecule has 0 fully saturated rings. The lowest BCUT2D eigenvalue weighted by molar-refractivity contribution is -0.140. The lowest BCUT2D eigenvalue weighted by atomic mass is 10.2. The van der Waals surface area contributed by atoms with Gasteiger partial charge in [0.15, 0.2) is 0 Å². The molecule has 0 spiro atoms. The number of anilines is 1. The number of carbonyl (C=O) groups is 2. The van der Waals surface area contributed by atoms with Crippen molar-refractivity contribution in [2.75, 3.05) is 184 Å². The van der Waals surface area contributed by atoms with Gasteiger partial charge in [-0.05, 0) is 24.3 Å². The Morgan fingerprint density at radius 3 is 0.953 bits per heavy atom. The molecule has 0 heterocycles. The van der Waals surface area contributed by atoms with Crippen LogP contribution in [0.5, 0.6) is 11.5 Å². The average molecular weight is 934 g/mol. The lowest BCUT2D eigenvalue weighted by Crippen LogP contribution is -2.20. The van der Waals surface area contributed by atoms with Gasteiger partial charge in [0, 0.05) is 5.69 Å². The zero-order valence-corrected chi connectivity index (χ0v) is 36.0. The van der Waals surface area contributed by atoms with Crippen LogP contribution in [-0.2, 0) is 71.2 Å². The largest absolute Gasteiger partial charge is 0.497 e. The van der Waals surface area contributed by atoms with Crippen molar-refractivity contribution in [3.63, 3.8) is 0 Å². The Kier molecular flexibility index (Phi) is 34.0. The molecule has 2 aromatic rings. The molecule has 18 nitrogen and oxygen atoms in total. The number of hydrogen-bond acceptors (Lipinski definition) is 17. The second-order valence-electron chi connectivity index (χ2n) is 12.5. The van der Waals surface area contributed by atoms with E-state index in [0.29, 0.717) is 144 Å². The van der Waals surface area contributed by atoms with Crippen LogP contribution in [0, 0.1) is 29.1 Å². The van der Waals surface area contributed by atoms with Crippen molar-refractivity contribution in [2.45, 2.75) is 0 Å². The van der Waals surface area contributed by atoms with E-state index in [4.69, 9.17) is 66.3 Å². The Morgan fingerprint density at radius 1 is 0.391 bits per heavy atom. The highest BCUT2D eigenvalue weighted by Gasteiger charge is 2.28. The fourth-order valence-corrected chi connectivity index (χ4v) is 4.55. The van der Waals surface area contributed by atoms with E-state index >= 15 is 0 Å². The zero-order valence-electron chi connectivity index (χ0n) is 36.0. The third-order valence-corrected chi connectivity index (χ3v) is 7.68. The van der Waals surface area contributed by atoms with Gasteiger partial charge in [-0.25, -0.2) is 18.0 Å². The monoisotopic (exact) mass is 933 g/mol. The summed E-state index contributed by atoms with van der Waals surface area (Å²) in [6, 6.07) is 7.01. The van der Waals surface area contributed by atoms with E-state index in [-0.39, 0.29) is 38.9 Å². The first-order valence-electron chi connectivity index (χ1n) is 20.4. The quantitative estimate of drug-likeness (QED) is 0.0255. The van der Waals surface area contributed by atoms with Gasteiger partial charge in [0.2, 0.25) is 40.7 Å². The third kappa shape index (κ3) is 28.3. The SMILES string of the molecule is COc1ccc(NC(=O)COCCOCCOCCOCCOCCOCCOCCOCCOCCOCCOCCOCCOCC(=O)Oc2c(F)c(F)c(F)c(F)c2F)cc1. The van der Waals surface area contributed by atoms with E-state index in [9.17, 15) is 31.5 Å². The molecule has 1 N–H and O–H groups in total. The number of rotatable bonds is 43. The highest BCUT2D eigenvalue weighted by molar-refractivity contribution is 5.91. The van der Waals surface area contributed by atoms with Gasteiger partial charge >= 0.3 is 5.97 Å². The molecular weight excluding hydrogens is 873 g/mol. The maximum absolute atomic E-state index is 13.6. The molecule has 0 aromatic heterocycles. The molecule has 2 rings (SSSR count). The molecule has 0 aliphatic heterocycles. The van der Waals surface area contributed by atoms with Crippen LogP contribution < -0.4 is 14.8 Å². The highest BCUT2D eigenvalue weighted by Crippen LogP contribution is 2.29. The van der Waals surface area contributed by atoms with Gasteiger partial charge < -0.3 is 76.4 Å². The first-order valence-corrected chi connectivity index (χ1v) is 20.4.